The SMILES string of the molecule is CC\C=C/C=C\C=C/C=C\C=C/CCCC(=O)OCC(COC(=O)CCCCCCCC/C=C\C/C=C\C/C=C\CC)OC(=O)CCCCCCCC/C=C\C=C/CCCCC. The van der Waals surface area contributed by atoms with Gasteiger partial charge in [-0.25, -0.2) is 0 Å². The van der Waals surface area contributed by atoms with Gasteiger partial charge in [0, 0.05) is 19.3 Å². The fourth-order valence-electron chi connectivity index (χ4n) is 6.18. The number of allylic oxidation sites excluding steroid dienone is 20. The van der Waals surface area contributed by atoms with E-state index in [-0.39, 0.29) is 37.5 Å². The van der Waals surface area contributed by atoms with Crippen molar-refractivity contribution in [3.8, 4) is 0 Å². The van der Waals surface area contributed by atoms with E-state index in [2.05, 4.69) is 87.6 Å². The molecule has 0 saturated carbocycles. The lowest BCUT2D eigenvalue weighted by Crippen LogP contribution is -2.30. The van der Waals surface area contributed by atoms with Crippen molar-refractivity contribution in [3.05, 3.63) is 122 Å². The molecule has 348 valence electrons. The van der Waals surface area contributed by atoms with E-state index in [1.165, 1.54) is 44.9 Å². The van der Waals surface area contributed by atoms with Crippen molar-refractivity contribution in [1.82, 2.24) is 0 Å². The number of unbranched alkanes of at least 4 members (excludes halogenated alkanes) is 16. The first-order valence-corrected chi connectivity index (χ1v) is 24.6. The van der Waals surface area contributed by atoms with Crippen molar-refractivity contribution in [2.75, 3.05) is 13.2 Å². The van der Waals surface area contributed by atoms with E-state index in [0.717, 1.165) is 103 Å². The largest absolute Gasteiger partial charge is 0.462 e. The Morgan fingerprint density at radius 3 is 1.26 bits per heavy atom. The second kappa shape index (κ2) is 49.5. The van der Waals surface area contributed by atoms with Crippen LogP contribution in [-0.4, -0.2) is 37.2 Å². The summed E-state index contributed by atoms with van der Waals surface area (Å²) >= 11 is 0. The quantitative estimate of drug-likeness (QED) is 0.0200. The molecule has 0 amide bonds. The van der Waals surface area contributed by atoms with Crippen molar-refractivity contribution in [2.45, 2.75) is 200 Å². The molecule has 1 atom stereocenters. The lowest BCUT2D eigenvalue weighted by atomic mass is 10.1. The second-order valence-corrected chi connectivity index (χ2v) is 15.8. The van der Waals surface area contributed by atoms with Crippen molar-refractivity contribution < 1.29 is 28.6 Å². The average Bonchev–Trinajstić information content (AvgIpc) is 3.27. The number of ether oxygens (including phenoxy) is 3. The monoisotopic (exact) mass is 857 g/mol. The van der Waals surface area contributed by atoms with Crippen molar-refractivity contribution in [1.29, 1.82) is 0 Å². The summed E-state index contributed by atoms with van der Waals surface area (Å²) in [6, 6.07) is 0. The van der Waals surface area contributed by atoms with Gasteiger partial charge in [0.05, 0.1) is 0 Å². The van der Waals surface area contributed by atoms with Crippen LogP contribution in [0.2, 0.25) is 0 Å². The van der Waals surface area contributed by atoms with Gasteiger partial charge in [0.25, 0.3) is 0 Å². The maximum absolute atomic E-state index is 12.8. The second-order valence-electron chi connectivity index (χ2n) is 15.8. The molecule has 0 saturated heterocycles. The van der Waals surface area contributed by atoms with Crippen LogP contribution in [0.3, 0.4) is 0 Å². The fraction of sp³-hybridized carbons (Fsp3) is 0.589. The number of carbonyl (C=O) groups is 3. The number of hydrogen-bond donors (Lipinski definition) is 0. The zero-order valence-electron chi connectivity index (χ0n) is 39.6. The van der Waals surface area contributed by atoms with Crippen molar-refractivity contribution >= 4 is 17.9 Å². The molecule has 0 spiro atoms. The molecule has 0 radical (unpaired) electrons. The number of hydrogen-bond acceptors (Lipinski definition) is 6. The van der Waals surface area contributed by atoms with Gasteiger partial charge in [-0.1, -0.05) is 206 Å². The predicted molar refractivity (Wildman–Crippen MR) is 265 cm³/mol. The Morgan fingerprint density at radius 2 is 0.726 bits per heavy atom. The molecule has 0 bridgehead atoms. The van der Waals surface area contributed by atoms with Crippen molar-refractivity contribution in [3.63, 3.8) is 0 Å². The van der Waals surface area contributed by atoms with E-state index in [1.807, 2.05) is 54.7 Å². The van der Waals surface area contributed by atoms with Gasteiger partial charge in [-0.15, -0.1) is 0 Å². The molecule has 0 aliphatic rings. The van der Waals surface area contributed by atoms with Gasteiger partial charge in [-0.2, -0.15) is 0 Å². The zero-order valence-corrected chi connectivity index (χ0v) is 39.6. The molecule has 0 aromatic carbocycles. The molecule has 0 aliphatic carbocycles. The molecule has 0 fully saturated rings. The highest BCUT2D eigenvalue weighted by atomic mass is 16.6. The van der Waals surface area contributed by atoms with E-state index >= 15 is 0 Å². The van der Waals surface area contributed by atoms with E-state index in [1.54, 1.807) is 0 Å². The van der Waals surface area contributed by atoms with E-state index in [0.29, 0.717) is 19.3 Å². The Kier molecular flexibility index (Phi) is 46.1. The first-order chi connectivity index (χ1) is 30.5. The standard InChI is InChI=1S/C56H88O6/c1-4-7-10-13-16-19-22-25-27-29-31-34-37-40-43-46-49-55(58)61-52-53(51-60-54(57)48-45-42-39-36-33-30-24-21-18-15-12-9-6-3)62-56(59)50-47-44-41-38-35-32-28-26-23-20-17-14-11-8-5-2/h7,9-10,12,15-21,23-27,30,33,36,39,53H,4-6,8,11,13-14,22,28-29,31-32,34-35,37-38,40-52H2,1-3H3/b10-7-,12-9-,18-15-,19-16-,20-17-,24-21-,26-23-,27-25-,33-30-,39-36-. The molecule has 0 aromatic rings. The van der Waals surface area contributed by atoms with Gasteiger partial charge < -0.3 is 14.2 Å². The first kappa shape index (κ1) is 57.8. The molecule has 6 nitrogen and oxygen atoms in total. The minimum absolute atomic E-state index is 0.116. The minimum atomic E-state index is -0.821. The van der Waals surface area contributed by atoms with E-state index < -0.39 is 6.10 Å². The summed E-state index contributed by atoms with van der Waals surface area (Å²) in [5.74, 6) is -1.03. The molecule has 0 N–H and O–H groups in total. The van der Waals surface area contributed by atoms with Crippen LogP contribution in [0.25, 0.3) is 0 Å². The van der Waals surface area contributed by atoms with Gasteiger partial charge in [-0.3, -0.25) is 14.4 Å². The molecular weight excluding hydrogens is 769 g/mol. The highest BCUT2D eigenvalue weighted by molar-refractivity contribution is 5.71. The Bertz CT molecular complexity index is 1350. The summed E-state index contributed by atoms with van der Waals surface area (Å²) in [5.41, 5.74) is 0. The Labute approximate surface area is 380 Å². The van der Waals surface area contributed by atoms with Crippen LogP contribution in [0.15, 0.2) is 122 Å². The average molecular weight is 857 g/mol. The van der Waals surface area contributed by atoms with E-state index in [4.69, 9.17) is 14.2 Å². The molecule has 0 aliphatic heterocycles. The molecular formula is C56H88O6. The van der Waals surface area contributed by atoms with Gasteiger partial charge in [0.2, 0.25) is 0 Å². The van der Waals surface area contributed by atoms with Crippen LogP contribution in [-0.2, 0) is 28.6 Å². The molecule has 0 aromatic heterocycles. The molecule has 62 heavy (non-hydrogen) atoms. The smallest absolute Gasteiger partial charge is 0.306 e. The highest BCUT2D eigenvalue weighted by Gasteiger charge is 2.19. The third kappa shape index (κ3) is 46.9. The highest BCUT2D eigenvalue weighted by Crippen LogP contribution is 2.13. The van der Waals surface area contributed by atoms with Crippen molar-refractivity contribution in [2.24, 2.45) is 0 Å². The van der Waals surface area contributed by atoms with Crippen LogP contribution in [0.4, 0.5) is 0 Å². The van der Waals surface area contributed by atoms with Gasteiger partial charge in [0.15, 0.2) is 6.10 Å². The summed E-state index contributed by atoms with van der Waals surface area (Å²) < 4.78 is 16.7. The summed E-state index contributed by atoms with van der Waals surface area (Å²) in [7, 11) is 0. The fourth-order valence-corrected chi connectivity index (χ4v) is 6.18. The van der Waals surface area contributed by atoms with Crippen LogP contribution in [0.5, 0.6) is 0 Å². The predicted octanol–water partition coefficient (Wildman–Crippen LogP) is 16.1. The molecule has 1 unspecified atom stereocenters. The van der Waals surface area contributed by atoms with Crippen LogP contribution in [0, 0.1) is 0 Å². The summed E-state index contributed by atoms with van der Waals surface area (Å²) in [4.78, 5) is 37.9. The van der Waals surface area contributed by atoms with Gasteiger partial charge >= 0.3 is 17.9 Å². The molecule has 6 heteroatoms. The van der Waals surface area contributed by atoms with Crippen LogP contribution in [0.1, 0.15) is 194 Å². The lowest BCUT2D eigenvalue weighted by molar-refractivity contribution is -0.167. The first-order valence-electron chi connectivity index (χ1n) is 24.6. The minimum Gasteiger partial charge on any atom is -0.462 e. The summed E-state index contributed by atoms with van der Waals surface area (Å²) in [6.45, 7) is 6.24. The normalized spacial score (nSPS) is 13.1. The third-order valence-corrected chi connectivity index (χ3v) is 9.84. The topological polar surface area (TPSA) is 78.9 Å². The Morgan fingerprint density at radius 1 is 0.355 bits per heavy atom. The third-order valence-electron chi connectivity index (χ3n) is 9.84. The van der Waals surface area contributed by atoms with Crippen LogP contribution < -0.4 is 0 Å². The maximum Gasteiger partial charge on any atom is 0.306 e. The Balaban J connectivity index is 4.55. The number of rotatable bonds is 42. The lowest BCUT2D eigenvalue weighted by Gasteiger charge is -2.18. The summed E-state index contributed by atoms with van der Waals surface area (Å²) in [6.07, 6.45) is 67.5. The van der Waals surface area contributed by atoms with Crippen LogP contribution >= 0.6 is 0 Å². The molecule has 0 heterocycles. The van der Waals surface area contributed by atoms with Gasteiger partial charge in [0.1, 0.15) is 13.2 Å². The maximum atomic E-state index is 12.8. The number of carbonyl (C=O) groups excluding carboxylic acids is 3. The summed E-state index contributed by atoms with van der Waals surface area (Å²) in [5, 5.41) is 0. The van der Waals surface area contributed by atoms with E-state index in [9.17, 15) is 14.4 Å². The van der Waals surface area contributed by atoms with Gasteiger partial charge in [-0.05, 0) is 89.9 Å². The molecule has 0 rings (SSSR count). The number of esters is 3. The Hall–Kier alpha value is -4.19. The zero-order chi connectivity index (χ0) is 45.1.